The van der Waals surface area contributed by atoms with Gasteiger partial charge in [-0.2, -0.15) is 0 Å². The molecule has 1 aliphatic carbocycles. The van der Waals surface area contributed by atoms with Crippen LogP contribution >= 0.6 is 0 Å². The molecule has 0 saturated heterocycles. The smallest absolute Gasteiger partial charge is 0.744 e. The number of rotatable bonds is 9. The van der Waals surface area contributed by atoms with Crippen LogP contribution in [0.2, 0.25) is 0 Å². The number of Topliss-reactive ketones (excluding diaryl/α,β-unsaturated/α-hetero) is 2. The maximum atomic E-state index is 12.0. The maximum absolute atomic E-state index is 12.0. The Kier molecular flexibility index (Phi) is 10.4. The molecule has 0 saturated carbocycles. The van der Waals surface area contributed by atoms with Crippen molar-refractivity contribution in [3.05, 3.63) is 23.1 Å². The minimum absolute atomic E-state index is 0. The maximum Gasteiger partial charge on any atom is 1.00 e. The van der Waals surface area contributed by atoms with Gasteiger partial charge in [0.05, 0.1) is 10.8 Å². The molecule has 0 fully saturated rings. The zero-order valence-corrected chi connectivity index (χ0v) is 16.0. The number of hydrogen-bond donors (Lipinski definition) is 0. The van der Waals surface area contributed by atoms with Gasteiger partial charge in [0.15, 0.2) is 5.78 Å². The molecule has 1 atom stereocenters. The quantitative estimate of drug-likeness (QED) is 0.245. The number of hydrogen-bond acceptors (Lipinski definition) is 5. The van der Waals surface area contributed by atoms with Crippen molar-refractivity contribution in [2.45, 2.75) is 51.9 Å². The summed E-state index contributed by atoms with van der Waals surface area (Å²) in [5, 5.41) is 0. The molecule has 0 aliphatic heterocycles. The predicted molar refractivity (Wildman–Crippen MR) is 78.4 cm³/mol. The van der Waals surface area contributed by atoms with Gasteiger partial charge in [-0.3, -0.25) is 9.59 Å². The standard InChI is InChI=1S/C15H22O5S.Na/c1-2-3-4-5-6-7-10-13(16)12-9-8-11-14(15(12)17)21(18,19)20;/h8-9,11-12H,2-7,10H2,1H3,(H,18,19,20);/q;+1/p-1. The van der Waals surface area contributed by atoms with Crippen molar-refractivity contribution in [1.82, 2.24) is 0 Å². The zero-order chi connectivity index (χ0) is 15.9. The molecule has 0 N–H and O–H groups in total. The molecule has 22 heavy (non-hydrogen) atoms. The summed E-state index contributed by atoms with van der Waals surface area (Å²) < 4.78 is 32.8. The van der Waals surface area contributed by atoms with Crippen molar-refractivity contribution < 1.29 is 52.1 Å². The molecule has 0 heterocycles. The first kappa shape index (κ1) is 21.7. The van der Waals surface area contributed by atoms with E-state index in [9.17, 15) is 22.6 Å². The molecule has 0 bridgehead atoms. The Morgan fingerprint density at radius 1 is 1.18 bits per heavy atom. The minimum atomic E-state index is -4.82. The van der Waals surface area contributed by atoms with Crippen LogP contribution in [-0.2, 0) is 19.7 Å². The summed E-state index contributed by atoms with van der Waals surface area (Å²) in [5.74, 6) is -2.34. The first-order chi connectivity index (χ1) is 9.88. The van der Waals surface area contributed by atoms with Crippen LogP contribution in [0.5, 0.6) is 0 Å². The van der Waals surface area contributed by atoms with Crippen LogP contribution in [0.4, 0.5) is 0 Å². The average Bonchev–Trinajstić information content (AvgIpc) is 2.41. The number of unbranched alkanes of at least 4 members (excludes halogenated alkanes) is 5. The summed E-state index contributed by atoms with van der Waals surface area (Å²) in [5.41, 5.74) is 0. The Labute approximate surface area is 154 Å². The van der Waals surface area contributed by atoms with Crippen molar-refractivity contribution in [2.75, 3.05) is 0 Å². The molecule has 0 aromatic heterocycles. The average molecular weight is 336 g/mol. The molecule has 1 rings (SSSR count). The van der Waals surface area contributed by atoms with Crippen LogP contribution in [0.25, 0.3) is 0 Å². The first-order valence-electron chi connectivity index (χ1n) is 7.29. The van der Waals surface area contributed by atoms with E-state index in [0.29, 0.717) is 6.42 Å². The van der Waals surface area contributed by atoms with E-state index in [2.05, 4.69) is 6.92 Å². The van der Waals surface area contributed by atoms with E-state index in [0.717, 1.165) is 31.8 Å². The Balaban J connectivity index is 0.00000441. The van der Waals surface area contributed by atoms with E-state index in [1.165, 1.54) is 18.6 Å². The van der Waals surface area contributed by atoms with Gasteiger partial charge < -0.3 is 4.55 Å². The van der Waals surface area contributed by atoms with Gasteiger partial charge in [-0.15, -0.1) is 0 Å². The molecule has 0 spiro atoms. The first-order valence-corrected chi connectivity index (χ1v) is 8.70. The molecule has 5 nitrogen and oxygen atoms in total. The summed E-state index contributed by atoms with van der Waals surface area (Å²) in [6.07, 6.45) is 9.95. The Hall–Kier alpha value is -0.270. The molecular formula is C15H21NaO5S. The molecule has 1 unspecified atom stereocenters. The van der Waals surface area contributed by atoms with E-state index in [1.807, 2.05) is 0 Å². The van der Waals surface area contributed by atoms with Crippen LogP contribution in [-0.4, -0.2) is 24.5 Å². The SMILES string of the molecule is CCCCCCCCC(=O)C1C=CC=C(S(=O)(=O)[O-])C1=O.[Na+]. The van der Waals surface area contributed by atoms with E-state index >= 15 is 0 Å². The van der Waals surface area contributed by atoms with Crippen LogP contribution in [0.3, 0.4) is 0 Å². The van der Waals surface area contributed by atoms with Gasteiger partial charge in [0.1, 0.15) is 15.9 Å². The van der Waals surface area contributed by atoms with Crippen molar-refractivity contribution in [2.24, 2.45) is 5.92 Å². The molecule has 7 heteroatoms. The minimum Gasteiger partial charge on any atom is -0.744 e. The van der Waals surface area contributed by atoms with E-state index in [1.54, 1.807) is 0 Å². The van der Waals surface area contributed by atoms with Crippen molar-refractivity contribution in [3.8, 4) is 0 Å². The number of carbonyl (C=O) groups excluding carboxylic acids is 2. The molecule has 0 radical (unpaired) electrons. The number of ketones is 2. The van der Waals surface area contributed by atoms with E-state index < -0.39 is 26.7 Å². The topological polar surface area (TPSA) is 91.3 Å². The van der Waals surface area contributed by atoms with Gasteiger partial charge in [-0.25, -0.2) is 8.42 Å². The summed E-state index contributed by atoms with van der Waals surface area (Å²) in [4.78, 5) is 23.0. The van der Waals surface area contributed by atoms with Gasteiger partial charge >= 0.3 is 29.6 Å². The van der Waals surface area contributed by atoms with Gasteiger partial charge in [-0.05, 0) is 12.5 Å². The van der Waals surface area contributed by atoms with Gasteiger partial charge in [0.25, 0.3) is 0 Å². The van der Waals surface area contributed by atoms with Crippen molar-refractivity contribution in [3.63, 3.8) is 0 Å². The third kappa shape index (κ3) is 6.87. The van der Waals surface area contributed by atoms with Crippen LogP contribution < -0.4 is 29.6 Å². The summed E-state index contributed by atoms with van der Waals surface area (Å²) in [6, 6.07) is 0. The van der Waals surface area contributed by atoms with E-state index in [-0.39, 0.29) is 41.8 Å². The van der Waals surface area contributed by atoms with Crippen molar-refractivity contribution >= 4 is 21.7 Å². The molecule has 0 aromatic rings. The fourth-order valence-corrected chi connectivity index (χ4v) is 2.89. The summed E-state index contributed by atoms with van der Waals surface area (Å²) >= 11 is 0. The Bertz CT molecular complexity index is 548. The van der Waals surface area contributed by atoms with Gasteiger partial charge in [0.2, 0.25) is 0 Å². The normalized spacial score (nSPS) is 17.8. The second-order valence-corrected chi connectivity index (χ2v) is 6.54. The monoisotopic (exact) mass is 336 g/mol. The van der Waals surface area contributed by atoms with E-state index in [4.69, 9.17) is 0 Å². The van der Waals surface area contributed by atoms with Gasteiger partial charge in [-0.1, -0.05) is 51.2 Å². The second-order valence-electron chi connectivity index (χ2n) is 5.20. The van der Waals surface area contributed by atoms with Crippen LogP contribution in [0, 0.1) is 5.92 Å². The third-order valence-electron chi connectivity index (χ3n) is 3.47. The second kappa shape index (κ2) is 10.5. The molecule has 1 aliphatic rings. The molecule has 0 amide bonds. The molecule has 0 aromatic carbocycles. The Morgan fingerprint density at radius 2 is 1.77 bits per heavy atom. The largest absolute Gasteiger partial charge is 1.00 e. The fraction of sp³-hybridized carbons (Fsp3) is 0.600. The predicted octanol–water partition coefficient (Wildman–Crippen LogP) is -0.506. The summed E-state index contributed by atoms with van der Waals surface area (Å²) in [7, 11) is -4.82. The van der Waals surface area contributed by atoms with Crippen molar-refractivity contribution in [1.29, 1.82) is 0 Å². The zero-order valence-electron chi connectivity index (χ0n) is 13.2. The molecule has 118 valence electrons. The summed E-state index contributed by atoms with van der Waals surface area (Å²) in [6.45, 7) is 2.12. The van der Waals surface area contributed by atoms with Gasteiger partial charge in [0, 0.05) is 6.42 Å². The number of carbonyl (C=O) groups is 2. The fourth-order valence-electron chi connectivity index (χ4n) is 2.27. The van der Waals surface area contributed by atoms with Crippen LogP contribution in [0.15, 0.2) is 23.1 Å². The van der Waals surface area contributed by atoms with Crippen LogP contribution in [0.1, 0.15) is 51.9 Å². The third-order valence-corrected chi connectivity index (χ3v) is 4.35. The number of allylic oxidation sites excluding steroid dienone is 4. The Morgan fingerprint density at radius 3 is 2.36 bits per heavy atom. The molecular weight excluding hydrogens is 315 g/mol.